The number of halogens is 3. The maximum absolute atomic E-state index is 14.3. The number of aromatic nitrogens is 2. The molecule has 0 bridgehead atoms. The molecular formula is C23H21Cl2FN2OS. The van der Waals surface area contributed by atoms with Gasteiger partial charge in [-0.25, -0.2) is 9.37 Å². The number of nitrogens with zero attached hydrogens (tertiary/aromatic N) is 2. The van der Waals surface area contributed by atoms with Gasteiger partial charge < -0.3 is 9.12 Å². The van der Waals surface area contributed by atoms with Crippen molar-refractivity contribution in [3.63, 3.8) is 0 Å². The lowest BCUT2D eigenvalue weighted by molar-refractivity contribution is 0.589. The van der Waals surface area contributed by atoms with Crippen LogP contribution in [0.1, 0.15) is 22.4 Å². The molecule has 2 aromatic carbocycles. The van der Waals surface area contributed by atoms with Crippen molar-refractivity contribution in [1.29, 1.82) is 0 Å². The highest BCUT2D eigenvalue weighted by Gasteiger charge is 2.24. The van der Waals surface area contributed by atoms with E-state index in [4.69, 9.17) is 11.6 Å². The third-order valence-electron chi connectivity index (χ3n) is 5.23. The van der Waals surface area contributed by atoms with Crippen LogP contribution in [0, 0.1) is 19.7 Å². The zero-order chi connectivity index (χ0) is 20.5. The highest BCUT2D eigenvalue weighted by atomic mass is 35.5. The van der Waals surface area contributed by atoms with Crippen LogP contribution in [0.15, 0.2) is 65.8 Å². The molecule has 156 valence electrons. The van der Waals surface area contributed by atoms with Crippen LogP contribution in [0.5, 0.6) is 0 Å². The lowest BCUT2D eigenvalue weighted by Gasteiger charge is -2.14. The quantitative estimate of drug-likeness (QED) is 0.330. The van der Waals surface area contributed by atoms with Gasteiger partial charge in [0, 0.05) is 44.6 Å². The van der Waals surface area contributed by atoms with Crippen LogP contribution in [0.3, 0.4) is 0 Å². The van der Waals surface area contributed by atoms with Gasteiger partial charge in [0.2, 0.25) is 0 Å². The number of pyridine rings is 1. The Morgan fingerprint density at radius 3 is 2.47 bits per heavy atom. The van der Waals surface area contributed by atoms with Crippen molar-refractivity contribution in [3.05, 3.63) is 94.0 Å². The minimum atomic E-state index is -1.35. The summed E-state index contributed by atoms with van der Waals surface area (Å²) in [6.45, 7) is 4.39. The summed E-state index contributed by atoms with van der Waals surface area (Å²) in [5, 5.41) is 2.16. The first kappa shape index (κ1) is 22.6. The molecule has 0 saturated heterocycles. The van der Waals surface area contributed by atoms with E-state index in [1.165, 1.54) is 6.07 Å². The fourth-order valence-corrected chi connectivity index (χ4v) is 4.90. The van der Waals surface area contributed by atoms with Gasteiger partial charge in [0.25, 0.3) is 5.03 Å². The molecule has 0 aliphatic rings. The Kier molecular flexibility index (Phi) is 7.09. The Bertz CT molecular complexity index is 1180. The van der Waals surface area contributed by atoms with Gasteiger partial charge in [0.1, 0.15) is 17.1 Å². The van der Waals surface area contributed by atoms with Crippen molar-refractivity contribution in [2.45, 2.75) is 31.2 Å². The van der Waals surface area contributed by atoms with Crippen molar-refractivity contribution in [2.24, 2.45) is 0 Å². The minimum absolute atomic E-state index is 0. The molecule has 4 rings (SSSR count). The topological polar surface area (TPSA) is 40.9 Å². The fourth-order valence-electron chi connectivity index (χ4n) is 3.52. The third-order valence-corrected chi connectivity index (χ3v) is 6.80. The number of rotatable bonds is 5. The summed E-state index contributed by atoms with van der Waals surface area (Å²) in [7, 11) is 0. The molecule has 0 fully saturated rings. The Hall–Kier alpha value is -2.05. The Morgan fingerprint density at radius 1 is 1.07 bits per heavy atom. The normalized spacial score (nSPS) is 12.0. The minimum Gasteiger partial charge on any atom is -0.610 e. The SMILES string of the molecule is Cc1c(C)n(Cc2ccccc2F)c2c([S+]([O-])Cc3ccc(Cl)cc3)nccc12.Cl. The van der Waals surface area contributed by atoms with Crippen molar-refractivity contribution in [1.82, 2.24) is 9.55 Å². The van der Waals surface area contributed by atoms with Gasteiger partial charge in [-0.15, -0.1) is 12.4 Å². The van der Waals surface area contributed by atoms with Crippen LogP contribution in [0.4, 0.5) is 4.39 Å². The zero-order valence-corrected chi connectivity index (χ0v) is 19.0. The number of fused-ring (bicyclic) bond motifs is 1. The average Bonchev–Trinajstić information content (AvgIpc) is 2.96. The molecular weight excluding hydrogens is 442 g/mol. The van der Waals surface area contributed by atoms with E-state index >= 15 is 0 Å². The number of hydrogen-bond acceptors (Lipinski definition) is 2. The van der Waals surface area contributed by atoms with Crippen LogP contribution >= 0.6 is 24.0 Å². The maximum atomic E-state index is 14.3. The van der Waals surface area contributed by atoms with Crippen LogP contribution in [0.25, 0.3) is 10.9 Å². The summed E-state index contributed by atoms with van der Waals surface area (Å²) < 4.78 is 29.5. The summed E-state index contributed by atoms with van der Waals surface area (Å²) in [6.07, 6.45) is 1.69. The first-order valence-electron chi connectivity index (χ1n) is 9.26. The smallest absolute Gasteiger partial charge is 0.269 e. The Balaban J connectivity index is 0.00000256. The summed E-state index contributed by atoms with van der Waals surface area (Å²) in [5.74, 6) is 0.0887. The molecule has 1 atom stereocenters. The lowest BCUT2D eigenvalue weighted by atomic mass is 10.2. The molecule has 1 unspecified atom stereocenters. The Morgan fingerprint density at radius 2 is 1.77 bits per heavy atom. The monoisotopic (exact) mass is 462 g/mol. The zero-order valence-electron chi connectivity index (χ0n) is 16.6. The van der Waals surface area contributed by atoms with Gasteiger partial charge in [-0.05, 0) is 43.7 Å². The molecule has 0 spiro atoms. The second-order valence-corrected chi connectivity index (χ2v) is 8.82. The highest BCUT2D eigenvalue weighted by molar-refractivity contribution is 7.90. The van der Waals surface area contributed by atoms with Crippen LogP contribution in [-0.2, 0) is 23.5 Å². The van der Waals surface area contributed by atoms with E-state index in [1.54, 1.807) is 30.5 Å². The van der Waals surface area contributed by atoms with E-state index in [0.717, 1.165) is 27.7 Å². The van der Waals surface area contributed by atoms with Crippen molar-refractivity contribution in [2.75, 3.05) is 0 Å². The largest absolute Gasteiger partial charge is 0.610 e. The summed E-state index contributed by atoms with van der Waals surface area (Å²) in [4.78, 5) is 4.46. The molecule has 0 amide bonds. The molecule has 2 aromatic heterocycles. The number of hydrogen-bond donors (Lipinski definition) is 0. The predicted octanol–water partition coefficient (Wildman–Crippen LogP) is 6.22. The third kappa shape index (κ3) is 4.35. The summed E-state index contributed by atoms with van der Waals surface area (Å²) in [6, 6.07) is 16.0. The molecule has 30 heavy (non-hydrogen) atoms. The summed E-state index contributed by atoms with van der Waals surface area (Å²) >= 11 is 4.60. The second kappa shape index (κ2) is 9.40. The number of aryl methyl sites for hydroxylation is 1. The van der Waals surface area contributed by atoms with E-state index in [9.17, 15) is 8.94 Å². The molecule has 0 radical (unpaired) electrons. The van der Waals surface area contributed by atoms with E-state index < -0.39 is 11.2 Å². The van der Waals surface area contributed by atoms with Gasteiger partial charge in [-0.2, -0.15) is 0 Å². The van der Waals surface area contributed by atoms with E-state index in [0.29, 0.717) is 27.9 Å². The molecule has 7 heteroatoms. The van der Waals surface area contributed by atoms with Crippen molar-refractivity contribution >= 4 is 46.1 Å². The van der Waals surface area contributed by atoms with Crippen LogP contribution in [0.2, 0.25) is 5.02 Å². The first-order valence-corrected chi connectivity index (χ1v) is 11.0. The van der Waals surface area contributed by atoms with Crippen LogP contribution < -0.4 is 0 Å². The number of benzene rings is 2. The fraction of sp³-hybridized carbons (Fsp3) is 0.174. The Labute approximate surface area is 189 Å². The molecule has 3 nitrogen and oxygen atoms in total. The van der Waals surface area contributed by atoms with Gasteiger partial charge in [-0.3, -0.25) is 0 Å². The predicted molar refractivity (Wildman–Crippen MR) is 124 cm³/mol. The van der Waals surface area contributed by atoms with Gasteiger partial charge >= 0.3 is 0 Å². The standard InChI is InChI=1S/C23H20ClFN2OS.ClH/c1-15-16(2)27(13-18-5-3-4-6-21(18)25)22-20(15)11-12-26-23(22)29(28)14-17-7-9-19(24)10-8-17;/h3-12H,13-14H2,1-2H3;1H. The maximum Gasteiger partial charge on any atom is 0.269 e. The second-order valence-electron chi connectivity index (χ2n) is 7.02. The van der Waals surface area contributed by atoms with E-state index in [1.807, 2.05) is 42.7 Å². The lowest BCUT2D eigenvalue weighted by Crippen LogP contribution is -2.11. The van der Waals surface area contributed by atoms with Gasteiger partial charge in [0.05, 0.1) is 6.54 Å². The van der Waals surface area contributed by atoms with Gasteiger partial charge in [0.15, 0.2) is 0 Å². The van der Waals surface area contributed by atoms with Crippen molar-refractivity contribution in [3.8, 4) is 0 Å². The van der Waals surface area contributed by atoms with Gasteiger partial charge in [-0.1, -0.05) is 41.9 Å². The van der Waals surface area contributed by atoms with E-state index in [-0.39, 0.29) is 18.2 Å². The summed E-state index contributed by atoms with van der Waals surface area (Å²) in [5.41, 5.74) is 4.42. The van der Waals surface area contributed by atoms with Crippen LogP contribution in [-0.4, -0.2) is 14.1 Å². The molecule has 0 N–H and O–H groups in total. The van der Waals surface area contributed by atoms with E-state index in [2.05, 4.69) is 4.98 Å². The van der Waals surface area contributed by atoms with Crippen molar-refractivity contribution < 1.29 is 8.94 Å². The average molecular weight is 463 g/mol. The molecule has 0 aliphatic heterocycles. The molecule has 0 saturated carbocycles. The molecule has 4 aromatic rings. The highest BCUT2D eigenvalue weighted by Crippen LogP contribution is 2.31. The first-order chi connectivity index (χ1) is 14.0. The molecule has 0 aliphatic carbocycles. The molecule has 2 heterocycles.